The summed E-state index contributed by atoms with van der Waals surface area (Å²) in [4.78, 5) is 28.4. The minimum absolute atomic E-state index is 0.206. The van der Waals surface area contributed by atoms with Crippen molar-refractivity contribution in [2.75, 3.05) is 0 Å². The molecule has 4 heteroatoms. The van der Waals surface area contributed by atoms with E-state index in [1.807, 2.05) is 54.6 Å². The van der Waals surface area contributed by atoms with Crippen LogP contribution in [-0.4, -0.2) is 11.6 Å². The fraction of sp³-hybridized carbons (Fsp3) is 0.0968. The van der Waals surface area contributed by atoms with Crippen LogP contribution in [0.3, 0.4) is 0 Å². The Labute approximate surface area is 207 Å². The molecule has 2 aliphatic rings. The summed E-state index contributed by atoms with van der Waals surface area (Å²) in [6.07, 6.45) is 5.61. The molecule has 0 fully saturated rings. The lowest BCUT2D eigenvalue weighted by Crippen LogP contribution is -2.15. The number of thiophene rings is 1. The second-order valence-electron chi connectivity index (χ2n) is 9.53. The van der Waals surface area contributed by atoms with Crippen molar-refractivity contribution in [1.29, 1.82) is 0 Å². The van der Waals surface area contributed by atoms with Gasteiger partial charge in [-0.2, -0.15) is 0 Å². The summed E-state index contributed by atoms with van der Waals surface area (Å²) in [5.74, 6) is -0.411. The zero-order chi connectivity index (χ0) is 24.3. The van der Waals surface area contributed by atoms with E-state index < -0.39 is 0 Å². The van der Waals surface area contributed by atoms with Crippen LogP contribution in [0.25, 0.3) is 28.5 Å². The Kier molecular flexibility index (Phi) is 4.77. The number of allylic oxidation sites excluding steroid dienone is 3. The van der Waals surface area contributed by atoms with Gasteiger partial charge in [-0.25, -0.2) is 0 Å². The van der Waals surface area contributed by atoms with E-state index in [0.29, 0.717) is 11.1 Å². The van der Waals surface area contributed by atoms with Gasteiger partial charge in [0.1, 0.15) is 0 Å². The lowest BCUT2D eigenvalue weighted by atomic mass is 9.81. The van der Waals surface area contributed by atoms with E-state index in [1.54, 1.807) is 23.6 Å². The zero-order valence-corrected chi connectivity index (χ0v) is 20.3. The van der Waals surface area contributed by atoms with Crippen molar-refractivity contribution >= 4 is 51.4 Å². The molecule has 4 aromatic rings. The molecule has 1 aromatic heterocycles. The number of benzene rings is 3. The number of hydrogen-bond donors (Lipinski definition) is 1. The quantitative estimate of drug-likeness (QED) is 0.251. The van der Waals surface area contributed by atoms with Gasteiger partial charge in [-0.3, -0.25) is 9.59 Å². The molecule has 0 aliphatic heterocycles. The molecule has 3 nitrogen and oxygen atoms in total. The van der Waals surface area contributed by atoms with Crippen molar-refractivity contribution < 1.29 is 9.59 Å². The van der Waals surface area contributed by atoms with Gasteiger partial charge in [-0.05, 0) is 51.7 Å². The third-order valence-corrected chi connectivity index (χ3v) is 8.18. The second kappa shape index (κ2) is 7.76. The van der Waals surface area contributed by atoms with Crippen LogP contribution in [-0.2, 0) is 5.41 Å². The summed E-state index contributed by atoms with van der Waals surface area (Å²) in [5, 5.41) is 1.92. The van der Waals surface area contributed by atoms with Gasteiger partial charge in [0.05, 0.1) is 5.57 Å². The summed E-state index contributed by atoms with van der Waals surface area (Å²) in [7, 11) is 0. The van der Waals surface area contributed by atoms with Crippen molar-refractivity contribution in [1.82, 2.24) is 0 Å². The Morgan fingerprint density at radius 3 is 1.97 bits per heavy atom. The predicted octanol–water partition coefficient (Wildman–Crippen LogP) is 7.04. The lowest BCUT2D eigenvalue weighted by Gasteiger charge is -2.21. The molecular formula is C31H23NO2S. The van der Waals surface area contributed by atoms with Crippen LogP contribution in [0.4, 0.5) is 0 Å². The van der Waals surface area contributed by atoms with Crippen LogP contribution in [0.1, 0.15) is 55.4 Å². The molecule has 2 N–H and O–H groups in total. The van der Waals surface area contributed by atoms with E-state index in [9.17, 15) is 9.59 Å². The van der Waals surface area contributed by atoms with Crippen molar-refractivity contribution in [3.8, 4) is 0 Å². The van der Waals surface area contributed by atoms with Gasteiger partial charge in [0.15, 0.2) is 11.6 Å². The maximum atomic E-state index is 13.2. The molecular weight excluding hydrogens is 450 g/mol. The Morgan fingerprint density at radius 1 is 0.771 bits per heavy atom. The van der Waals surface area contributed by atoms with Gasteiger partial charge in [0.25, 0.3) is 0 Å². The summed E-state index contributed by atoms with van der Waals surface area (Å²) >= 11 is 1.57. The first kappa shape index (κ1) is 21.5. The van der Waals surface area contributed by atoms with E-state index in [-0.39, 0.29) is 22.6 Å². The number of fused-ring (bicyclic) bond motifs is 3. The molecule has 0 spiro atoms. The Bertz CT molecular complexity index is 1590. The summed E-state index contributed by atoms with van der Waals surface area (Å²) < 4.78 is 0. The Balaban J connectivity index is 1.41. The Hall–Kier alpha value is -4.02. The van der Waals surface area contributed by atoms with Gasteiger partial charge >= 0.3 is 0 Å². The van der Waals surface area contributed by atoms with Crippen molar-refractivity contribution in [3.05, 3.63) is 122 Å². The maximum absolute atomic E-state index is 13.2. The number of nitrogens with two attached hydrogens (primary N) is 1. The predicted molar refractivity (Wildman–Crippen MR) is 145 cm³/mol. The fourth-order valence-electron chi connectivity index (χ4n) is 5.17. The summed E-state index contributed by atoms with van der Waals surface area (Å²) in [5.41, 5.74) is 11.5. The molecule has 1 heterocycles. The third-order valence-electron chi connectivity index (χ3n) is 7.06. The number of rotatable bonds is 2. The number of Topliss-reactive ketones (excluding diaryl/α,β-unsaturated/α-hetero) is 2. The monoisotopic (exact) mass is 473 g/mol. The zero-order valence-electron chi connectivity index (χ0n) is 19.5. The van der Waals surface area contributed by atoms with Gasteiger partial charge < -0.3 is 5.73 Å². The molecule has 0 saturated heterocycles. The molecule has 6 rings (SSSR count). The topological polar surface area (TPSA) is 60.2 Å². The lowest BCUT2D eigenvalue weighted by molar-refractivity contribution is 0.0990. The number of carbonyl (C=O) groups excluding carboxylic acids is 2. The van der Waals surface area contributed by atoms with E-state index >= 15 is 0 Å². The van der Waals surface area contributed by atoms with E-state index in [4.69, 9.17) is 5.73 Å². The molecule has 0 unspecified atom stereocenters. The molecule has 2 aliphatic carbocycles. The van der Waals surface area contributed by atoms with Crippen molar-refractivity contribution in [3.63, 3.8) is 0 Å². The van der Waals surface area contributed by atoms with E-state index in [1.165, 1.54) is 5.57 Å². The van der Waals surface area contributed by atoms with Crippen LogP contribution >= 0.6 is 11.3 Å². The molecule has 170 valence electrons. The highest BCUT2D eigenvalue weighted by atomic mass is 32.1. The normalized spacial score (nSPS) is 18.5. The highest BCUT2D eigenvalue weighted by Crippen LogP contribution is 2.53. The van der Waals surface area contributed by atoms with Crippen LogP contribution in [0.2, 0.25) is 0 Å². The second-order valence-corrected chi connectivity index (χ2v) is 10.6. The average Bonchev–Trinajstić information content (AvgIpc) is 3.45. The van der Waals surface area contributed by atoms with E-state index in [2.05, 4.69) is 38.1 Å². The minimum atomic E-state index is -0.256. The first-order valence-corrected chi connectivity index (χ1v) is 12.4. The molecule has 0 atom stereocenters. The first-order chi connectivity index (χ1) is 16.9. The fourth-order valence-corrected chi connectivity index (χ4v) is 6.47. The highest BCUT2D eigenvalue weighted by molar-refractivity contribution is 7.14. The average molecular weight is 474 g/mol. The van der Waals surface area contributed by atoms with E-state index in [0.717, 1.165) is 37.2 Å². The maximum Gasteiger partial charge on any atom is 0.197 e. The molecule has 0 saturated carbocycles. The smallest absolute Gasteiger partial charge is 0.197 e. The SMILES string of the molecule is CC1(C)C(=C/c2ccccc2)/C(=C\N)c2sc(C=C3C(=O)c4cc5ccccc5cc4C3=O)cc21. The molecule has 0 bridgehead atoms. The standard InChI is InChI=1S/C31H23NO2S/c1-31(2)26(12-18-8-4-3-5-9-18)25(17-32)30-27(31)16-21(35-30)15-24-28(33)22-13-19-10-6-7-11-20(19)14-23(22)29(24)34/h3-17H,32H2,1-2H3/b25-17+,26-12+. The van der Waals surface area contributed by atoms with Gasteiger partial charge in [0, 0.05) is 38.1 Å². The number of ketones is 2. The molecule has 0 amide bonds. The van der Waals surface area contributed by atoms with Crippen molar-refractivity contribution in [2.24, 2.45) is 5.73 Å². The highest BCUT2D eigenvalue weighted by Gasteiger charge is 2.40. The molecule has 35 heavy (non-hydrogen) atoms. The number of hydrogen-bond acceptors (Lipinski definition) is 4. The summed E-state index contributed by atoms with van der Waals surface area (Å²) in [6.45, 7) is 4.38. The van der Waals surface area contributed by atoms with Crippen LogP contribution in [0.5, 0.6) is 0 Å². The largest absolute Gasteiger partial charge is 0.404 e. The summed E-state index contributed by atoms with van der Waals surface area (Å²) in [6, 6.07) is 23.8. The minimum Gasteiger partial charge on any atom is -0.404 e. The third kappa shape index (κ3) is 3.25. The van der Waals surface area contributed by atoms with Gasteiger partial charge in [-0.15, -0.1) is 11.3 Å². The molecule has 0 radical (unpaired) electrons. The Morgan fingerprint density at radius 2 is 1.37 bits per heavy atom. The van der Waals surface area contributed by atoms with Gasteiger partial charge in [0.2, 0.25) is 0 Å². The van der Waals surface area contributed by atoms with Crippen molar-refractivity contribution in [2.45, 2.75) is 19.3 Å². The number of carbonyl (C=O) groups is 2. The van der Waals surface area contributed by atoms with Crippen LogP contribution in [0, 0.1) is 0 Å². The van der Waals surface area contributed by atoms with Crippen LogP contribution in [0.15, 0.2) is 90.1 Å². The van der Waals surface area contributed by atoms with Crippen LogP contribution < -0.4 is 5.73 Å². The first-order valence-electron chi connectivity index (χ1n) is 11.6. The molecule has 3 aromatic carbocycles. The van der Waals surface area contributed by atoms with Gasteiger partial charge in [-0.1, -0.05) is 74.5 Å².